The smallest absolute Gasteiger partial charge is 0.188 e. The summed E-state index contributed by atoms with van der Waals surface area (Å²) in [6.07, 6.45) is 0. The standard InChI is InChI=1S/C9H8BrFO2/c10-8-2-6(4-11)1-7(3-8)9(13)5-12/h1-3,12H,4-5H2. The van der Waals surface area contributed by atoms with Crippen LogP contribution in [0.5, 0.6) is 0 Å². The molecule has 4 heteroatoms. The fourth-order valence-corrected chi connectivity index (χ4v) is 1.52. The van der Waals surface area contributed by atoms with Crippen molar-refractivity contribution < 1.29 is 14.3 Å². The molecule has 1 aromatic carbocycles. The van der Waals surface area contributed by atoms with E-state index in [9.17, 15) is 9.18 Å². The number of carbonyl (C=O) groups is 1. The Balaban J connectivity index is 3.08. The first kappa shape index (κ1) is 10.3. The summed E-state index contributed by atoms with van der Waals surface area (Å²) in [5.74, 6) is -0.406. The second-order valence-corrected chi connectivity index (χ2v) is 3.48. The first-order chi connectivity index (χ1) is 6.17. The topological polar surface area (TPSA) is 37.3 Å². The number of halogens is 2. The fourth-order valence-electron chi connectivity index (χ4n) is 0.980. The van der Waals surface area contributed by atoms with Crippen molar-refractivity contribution in [2.45, 2.75) is 6.67 Å². The molecule has 0 saturated carbocycles. The van der Waals surface area contributed by atoms with Crippen LogP contribution < -0.4 is 0 Å². The summed E-state index contributed by atoms with van der Waals surface area (Å²) < 4.78 is 12.9. The molecule has 0 unspecified atom stereocenters. The highest BCUT2D eigenvalue weighted by molar-refractivity contribution is 9.10. The maximum absolute atomic E-state index is 12.3. The van der Waals surface area contributed by atoms with E-state index in [4.69, 9.17) is 5.11 Å². The van der Waals surface area contributed by atoms with Crippen molar-refractivity contribution in [1.82, 2.24) is 0 Å². The van der Waals surface area contributed by atoms with E-state index in [1.165, 1.54) is 6.07 Å². The molecule has 0 amide bonds. The molecule has 1 aromatic rings. The van der Waals surface area contributed by atoms with Crippen LogP contribution in [0.15, 0.2) is 22.7 Å². The molecule has 13 heavy (non-hydrogen) atoms. The predicted octanol–water partition coefficient (Wildman–Crippen LogP) is 2.09. The lowest BCUT2D eigenvalue weighted by molar-refractivity contribution is 0.0903. The largest absolute Gasteiger partial charge is 0.388 e. The number of hydrogen-bond acceptors (Lipinski definition) is 2. The molecule has 70 valence electrons. The molecule has 1 rings (SSSR count). The van der Waals surface area contributed by atoms with Gasteiger partial charge in [-0.2, -0.15) is 0 Å². The molecule has 0 saturated heterocycles. The lowest BCUT2D eigenvalue weighted by atomic mass is 10.1. The Hall–Kier alpha value is -0.740. The van der Waals surface area contributed by atoms with Crippen LogP contribution in [0.3, 0.4) is 0 Å². The van der Waals surface area contributed by atoms with Gasteiger partial charge in [0.25, 0.3) is 0 Å². The fraction of sp³-hybridized carbons (Fsp3) is 0.222. The van der Waals surface area contributed by atoms with Gasteiger partial charge in [0.05, 0.1) is 0 Å². The van der Waals surface area contributed by atoms with E-state index in [1.54, 1.807) is 12.1 Å². The summed E-state index contributed by atoms with van der Waals surface area (Å²) in [6.45, 7) is -1.17. The zero-order valence-corrected chi connectivity index (χ0v) is 8.34. The van der Waals surface area contributed by atoms with E-state index in [1.807, 2.05) is 0 Å². The first-order valence-corrected chi connectivity index (χ1v) is 4.46. The average Bonchev–Trinajstić information content (AvgIpc) is 2.15. The second kappa shape index (κ2) is 4.48. The van der Waals surface area contributed by atoms with Gasteiger partial charge in [-0.15, -0.1) is 0 Å². The van der Waals surface area contributed by atoms with Gasteiger partial charge in [-0.3, -0.25) is 4.79 Å². The molecule has 0 aromatic heterocycles. The van der Waals surface area contributed by atoms with Crippen LogP contribution in [-0.4, -0.2) is 17.5 Å². The summed E-state index contributed by atoms with van der Waals surface area (Å²) in [5, 5.41) is 8.58. The van der Waals surface area contributed by atoms with Gasteiger partial charge >= 0.3 is 0 Å². The van der Waals surface area contributed by atoms with Gasteiger partial charge in [0.1, 0.15) is 13.3 Å². The van der Waals surface area contributed by atoms with Crippen LogP contribution in [0.1, 0.15) is 15.9 Å². The highest BCUT2D eigenvalue weighted by atomic mass is 79.9. The molecule has 0 fully saturated rings. The minimum absolute atomic E-state index is 0.324. The Morgan fingerprint density at radius 3 is 2.69 bits per heavy atom. The monoisotopic (exact) mass is 246 g/mol. The van der Waals surface area contributed by atoms with E-state index in [0.717, 1.165) is 0 Å². The quantitative estimate of drug-likeness (QED) is 0.830. The number of aliphatic hydroxyl groups excluding tert-OH is 1. The predicted molar refractivity (Wildman–Crippen MR) is 50.4 cm³/mol. The summed E-state index contributed by atoms with van der Waals surface area (Å²) in [7, 11) is 0. The van der Waals surface area contributed by atoms with Crippen molar-refractivity contribution in [2.75, 3.05) is 6.61 Å². The van der Waals surface area contributed by atoms with E-state index in [-0.39, 0.29) is 0 Å². The maximum atomic E-state index is 12.3. The number of aliphatic hydroxyl groups is 1. The summed E-state index contributed by atoms with van der Waals surface area (Å²) in [5.41, 5.74) is 0.746. The Kier molecular flexibility index (Phi) is 3.57. The van der Waals surface area contributed by atoms with Crippen LogP contribution in [0.25, 0.3) is 0 Å². The number of carbonyl (C=O) groups excluding carboxylic acids is 1. The highest BCUT2D eigenvalue weighted by Crippen LogP contribution is 2.17. The number of alkyl halides is 1. The highest BCUT2D eigenvalue weighted by Gasteiger charge is 2.06. The summed E-state index contributed by atoms with van der Waals surface area (Å²) >= 11 is 3.15. The molecule has 0 spiro atoms. The molecule has 0 atom stereocenters. The van der Waals surface area contributed by atoms with Crippen molar-refractivity contribution >= 4 is 21.7 Å². The van der Waals surface area contributed by atoms with Gasteiger partial charge in [0.2, 0.25) is 0 Å². The minimum atomic E-state index is -0.620. The van der Waals surface area contributed by atoms with E-state index < -0.39 is 19.1 Å². The van der Waals surface area contributed by atoms with Crippen LogP contribution >= 0.6 is 15.9 Å². The summed E-state index contributed by atoms with van der Waals surface area (Å²) in [4.78, 5) is 11.0. The normalized spacial score (nSPS) is 10.1. The Morgan fingerprint density at radius 2 is 2.15 bits per heavy atom. The summed E-state index contributed by atoms with van der Waals surface area (Å²) in [6, 6.07) is 4.58. The van der Waals surface area contributed by atoms with Crippen molar-refractivity contribution in [1.29, 1.82) is 0 Å². The van der Waals surface area contributed by atoms with Crippen LogP contribution in [0, 0.1) is 0 Å². The Bertz CT molecular complexity index is 325. The van der Waals surface area contributed by atoms with E-state index in [0.29, 0.717) is 15.6 Å². The molecule has 0 aliphatic heterocycles. The van der Waals surface area contributed by atoms with Gasteiger partial charge in [0, 0.05) is 10.0 Å². The van der Waals surface area contributed by atoms with E-state index >= 15 is 0 Å². The Morgan fingerprint density at radius 1 is 1.46 bits per heavy atom. The number of rotatable bonds is 3. The van der Waals surface area contributed by atoms with Crippen molar-refractivity contribution in [3.05, 3.63) is 33.8 Å². The average molecular weight is 247 g/mol. The molecule has 0 heterocycles. The molecule has 0 radical (unpaired) electrons. The third-order valence-corrected chi connectivity index (χ3v) is 2.04. The van der Waals surface area contributed by atoms with Gasteiger partial charge in [-0.25, -0.2) is 4.39 Å². The first-order valence-electron chi connectivity index (χ1n) is 3.67. The zero-order valence-electron chi connectivity index (χ0n) is 6.76. The van der Waals surface area contributed by atoms with Crippen LogP contribution in [-0.2, 0) is 6.67 Å². The molecular weight excluding hydrogens is 239 g/mol. The molecule has 0 aliphatic rings. The Labute approximate surface area is 83.5 Å². The lowest BCUT2D eigenvalue weighted by Gasteiger charge is -2.01. The number of ketones is 1. The second-order valence-electron chi connectivity index (χ2n) is 2.56. The van der Waals surface area contributed by atoms with E-state index in [2.05, 4.69) is 15.9 Å². The minimum Gasteiger partial charge on any atom is -0.388 e. The van der Waals surface area contributed by atoms with Crippen molar-refractivity contribution in [3.8, 4) is 0 Å². The maximum Gasteiger partial charge on any atom is 0.188 e. The van der Waals surface area contributed by atoms with Gasteiger partial charge in [-0.1, -0.05) is 15.9 Å². The number of Topliss-reactive ketones (excluding diaryl/α,β-unsaturated/α-hetero) is 1. The SMILES string of the molecule is O=C(CO)c1cc(Br)cc(CF)c1. The number of benzene rings is 1. The number of hydrogen-bond donors (Lipinski definition) is 1. The van der Waals surface area contributed by atoms with Crippen LogP contribution in [0.4, 0.5) is 4.39 Å². The van der Waals surface area contributed by atoms with Gasteiger partial charge < -0.3 is 5.11 Å². The molecular formula is C9H8BrFO2. The lowest BCUT2D eigenvalue weighted by Crippen LogP contribution is -2.04. The van der Waals surface area contributed by atoms with Crippen molar-refractivity contribution in [3.63, 3.8) is 0 Å². The third kappa shape index (κ3) is 2.60. The van der Waals surface area contributed by atoms with Crippen molar-refractivity contribution in [2.24, 2.45) is 0 Å². The van der Waals surface area contributed by atoms with Crippen LogP contribution in [0.2, 0.25) is 0 Å². The molecule has 2 nitrogen and oxygen atoms in total. The molecule has 0 aliphatic carbocycles. The zero-order chi connectivity index (χ0) is 9.84. The van der Waals surface area contributed by atoms with Gasteiger partial charge in [-0.05, 0) is 23.8 Å². The molecule has 0 bridgehead atoms. The molecule has 1 N–H and O–H groups in total. The third-order valence-electron chi connectivity index (χ3n) is 1.58. The van der Waals surface area contributed by atoms with Gasteiger partial charge in [0.15, 0.2) is 5.78 Å².